The van der Waals surface area contributed by atoms with Gasteiger partial charge in [-0.3, -0.25) is 19.3 Å². The molecule has 0 atom stereocenters. The van der Waals surface area contributed by atoms with Gasteiger partial charge in [0.1, 0.15) is 11.5 Å². The maximum absolute atomic E-state index is 13.9. The van der Waals surface area contributed by atoms with Gasteiger partial charge < -0.3 is 19.9 Å². The van der Waals surface area contributed by atoms with E-state index >= 15 is 0 Å². The maximum Gasteiger partial charge on any atom is 0.337 e. The number of methoxy groups -OCH3 is 1. The van der Waals surface area contributed by atoms with Crippen molar-refractivity contribution >= 4 is 29.4 Å². The number of aromatic carboxylic acids is 1. The highest BCUT2D eigenvalue weighted by Gasteiger charge is 2.23. The van der Waals surface area contributed by atoms with Crippen LogP contribution in [0.15, 0.2) is 36.4 Å². The van der Waals surface area contributed by atoms with E-state index < -0.39 is 29.5 Å². The molecule has 0 spiro atoms. The number of amides is 3. The van der Waals surface area contributed by atoms with Crippen LogP contribution in [0.2, 0.25) is 0 Å². The molecule has 0 saturated carbocycles. The molecule has 35 heavy (non-hydrogen) atoms. The Hall–Kier alpha value is -4.83. The molecule has 180 valence electrons. The number of hydrogen-bond acceptors (Lipinski definition) is 6. The lowest BCUT2D eigenvalue weighted by Gasteiger charge is -2.20. The van der Waals surface area contributed by atoms with Crippen LogP contribution in [0.1, 0.15) is 22.3 Å². The fraction of sp³-hybridized carbons (Fsp3) is 0.200. The summed E-state index contributed by atoms with van der Waals surface area (Å²) in [5.41, 5.74) is -0.409. The summed E-state index contributed by atoms with van der Waals surface area (Å²) in [5.74, 6) is -0.786. The van der Waals surface area contributed by atoms with E-state index in [2.05, 4.69) is 5.32 Å². The van der Waals surface area contributed by atoms with E-state index in [0.29, 0.717) is 0 Å². The molecule has 10 heteroatoms. The Morgan fingerprint density at radius 3 is 2.43 bits per heavy atom. The average molecular weight is 480 g/mol. The van der Waals surface area contributed by atoms with E-state index in [-0.39, 0.29) is 54.3 Å². The number of nitrogens with zero attached hydrogens (tertiary/aromatic N) is 1. The summed E-state index contributed by atoms with van der Waals surface area (Å²) < 4.78 is 24.7. The summed E-state index contributed by atoms with van der Waals surface area (Å²) in [7, 11) is 1.31. The van der Waals surface area contributed by atoms with Crippen LogP contribution in [0.25, 0.3) is 0 Å². The monoisotopic (exact) mass is 480 g/mol. The van der Waals surface area contributed by atoms with Crippen molar-refractivity contribution in [2.75, 3.05) is 25.6 Å². The quantitative estimate of drug-likeness (QED) is 0.395. The summed E-state index contributed by atoms with van der Waals surface area (Å²) in [6.07, 6.45) is 9.92. The third-order valence-electron chi connectivity index (χ3n) is 4.68. The van der Waals surface area contributed by atoms with Gasteiger partial charge in [0.05, 0.1) is 25.7 Å². The number of halogens is 1. The largest absolute Gasteiger partial charge is 0.493 e. The molecule has 0 bridgehead atoms. The van der Waals surface area contributed by atoms with Crippen molar-refractivity contribution in [1.82, 2.24) is 4.90 Å². The predicted molar refractivity (Wildman–Crippen MR) is 123 cm³/mol. The first-order chi connectivity index (χ1) is 16.7. The van der Waals surface area contributed by atoms with Gasteiger partial charge in [-0.15, -0.1) is 12.8 Å². The van der Waals surface area contributed by atoms with Crippen molar-refractivity contribution in [1.29, 1.82) is 0 Å². The van der Waals surface area contributed by atoms with Crippen molar-refractivity contribution in [3.8, 4) is 36.2 Å². The number of imide groups is 1. The van der Waals surface area contributed by atoms with Gasteiger partial charge in [-0.1, -0.05) is 18.2 Å². The number of carbonyl (C=O) groups is 4. The molecule has 2 aromatic carbocycles. The summed E-state index contributed by atoms with van der Waals surface area (Å²) in [4.78, 5) is 48.8. The number of terminal acetylenes is 2. The predicted octanol–water partition coefficient (Wildman–Crippen LogP) is 2.10. The summed E-state index contributed by atoms with van der Waals surface area (Å²) in [5, 5.41) is 11.7. The van der Waals surface area contributed by atoms with E-state index in [1.165, 1.54) is 37.4 Å². The minimum Gasteiger partial charge on any atom is -0.493 e. The van der Waals surface area contributed by atoms with Gasteiger partial charge in [-0.05, 0) is 42.0 Å². The first-order valence-electron chi connectivity index (χ1n) is 10.1. The van der Waals surface area contributed by atoms with Gasteiger partial charge in [-0.25, -0.2) is 9.18 Å². The smallest absolute Gasteiger partial charge is 0.337 e. The highest BCUT2D eigenvalue weighted by Crippen LogP contribution is 2.38. The lowest BCUT2D eigenvalue weighted by atomic mass is 10.1. The number of rotatable bonds is 10. The zero-order chi connectivity index (χ0) is 26.0. The Labute approximate surface area is 200 Å². The van der Waals surface area contributed by atoms with Crippen LogP contribution in [0.3, 0.4) is 0 Å². The second kappa shape index (κ2) is 12.4. The van der Waals surface area contributed by atoms with Crippen LogP contribution < -0.4 is 14.8 Å². The molecule has 0 fully saturated rings. The number of hydrogen-bond donors (Lipinski definition) is 2. The van der Waals surface area contributed by atoms with Gasteiger partial charge in [-0.2, -0.15) is 0 Å². The molecule has 0 aromatic heterocycles. The second-order valence-electron chi connectivity index (χ2n) is 6.89. The van der Waals surface area contributed by atoms with Crippen molar-refractivity contribution in [2.24, 2.45) is 0 Å². The minimum absolute atomic E-state index is 0.0689. The molecule has 0 heterocycles. The van der Waals surface area contributed by atoms with Gasteiger partial charge in [0.2, 0.25) is 5.91 Å². The van der Waals surface area contributed by atoms with E-state index in [1.54, 1.807) is 6.07 Å². The summed E-state index contributed by atoms with van der Waals surface area (Å²) >= 11 is 0. The van der Waals surface area contributed by atoms with E-state index in [0.717, 1.165) is 4.90 Å². The normalized spacial score (nSPS) is 9.83. The number of carboxylic acids is 1. The first kappa shape index (κ1) is 26.4. The average Bonchev–Trinajstić information content (AvgIpc) is 2.84. The van der Waals surface area contributed by atoms with Gasteiger partial charge in [0, 0.05) is 6.54 Å². The molecule has 0 radical (unpaired) electrons. The molecular weight excluding hydrogens is 459 g/mol. The van der Waals surface area contributed by atoms with Gasteiger partial charge in [0.25, 0.3) is 5.91 Å². The Bertz CT molecular complexity index is 1230. The lowest BCUT2D eigenvalue weighted by Crippen LogP contribution is -2.38. The Balaban J connectivity index is 2.18. The topological polar surface area (TPSA) is 122 Å². The third kappa shape index (κ3) is 6.83. The van der Waals surface area contributed by atoms with E-state index in [4.69, 9.17) is 22.3 Å². The summed E-state index contributed by atoms with van der Waals surface area (Å²) in [6, 6.07) is 8.17. The second-order valence-corrected chi connectivity index (χ2v) is 6.89. The molecule has 2 rings (SSSR count). The highest BCUT2D eigenvalue weighted by atomic mass is 19.1. The minimum atomic E-state index is -1.35. The van der Waals surface area contributed by atoms with E-state index in [1.807, 2.05) is 11.8 Å². The molecular formula is C25H21FN2O7. The Morgan fingerprint density at radius 1 is 1.11 bits per heavy atom. The molecule has 0 aliphatic carbocycles. The standard InChI is InChI=1S/C25H21FN2O7/c1-4-20(29)27-23-17(25(32)33)11-12-19(34-3)24(23)35-14-8-13-28(21(30)5-2)22(31)15-16-9-6-7-10-18(16)26/h1-2,6-7,9-12H,8,13-15H2,3H3,(H,27,29)(H,32,33). The zero-order valence-electron chi connectivity index (χ0n) is 18.7. The van der Waals surface area contributed by atoms with Crippen LogP contribution in [0.4, 0.5) is 10.1 Å². The Morgan fingerprint density at radius 2 is 1.83 bits per heavy atom. The van der Waals surface area contributed by atoms with E-state index in [9.17, 15) is 28.7 Å². The lowest BCUT2D eigenvalue weighted by molar-refractivity contribution is -0.141. The highest BCUT2D eigenvalue weighted by molar-refractivity contribution is 6.09. The van der Waals surface area contributed by atoms with Crippen molar-refractivity contribution in [3.05, 3.63) is 53.3 Å². The zero-order valence-corrected chi connectivity index (χ0v) is 18.7. The van der Waals surface area contributed by atoms with Gasteiger partial charge >= 0.3 is 11.9 Å². The fourth-order valence-electron chi connectivity index (χ4n) is 3.03. The fourth-order valence-corrected chi connectivity index (χ4v) is 3.03. The molecule has 0 saturated heterocycles. The van der Waals surface area contributed by atoms with Crippen LogP contribution in [0.5, 0.6) is 11.5 Å². The number of carboxylic acid groups (broad SMARTS) is 1. The van der Waals surface area contributed by atoms with Crippen LogP contribution >= 0.6 is 0 Å². The van der Waals surface area contributed by atoms with Crippen LogP contribution in [0, 0.1) is 30.5 Å². The third-order valence-corrected chi connectivity index (χ3v) is 4.68. The molecule has 0 aliphatic rings. The number of carbonyl (C=O) groups excluding carboxylic acids is 3. The van der Waals surface area contributed by atoms with Crippen molar-refractivity contribution < 1.29 is 38.1 Å². The molecule has 0 aliphatic heterocycles. The van der Waals surface area contributed by atoms with Crippen molar-refractivity contribution in [3.63, 3.8) is 0 Å². The number of nitrogens with one attached hydrogen (secondary N) is 1. The van der Waals surface area contributed by atoms with Crippen LogP contribution in [-0.2, 0) is 20.8 Å². The maximum atomic E-state index is 13.9. The number of ether oxygens (including phenoxy) is 2. The summed E-state index contributed by atoms with van der Waals surface area (Å²) in [6.45, 7) is -0.303. The molecule has 2 N–H and O–H groups in total. The molecule has 9 nitrogen and oxygen atoms in total. The van der Waals surface area contributed by atoms with Crippen molar-refractivity contribution in [2.45, 2.75) is 12.8 Å². The number of anilines is 1. The molecule has 0 unspecified atom stereocenters. The first-order valence-corrected chi connectivity index (χ1v) is 10.1. The molecule has 2 aromatic rings. The SMILES string of the molecule is C#CC(=O)Nc1c(C(=O)O)ccc(OC)c1OCCCN(C(=O)C#C)C(=O)Cc1ccccc1F. The van der Waals surface area contributed by atoms with Gasteiger partial charge in [0.15, 0.2) is 11.5 Å². The molecule has 3 amide bonds. The Kier molecular flexibility index (Phi) is 9.38. The van der Waals surface area contributed by atoms with Crippen LogP contribution in [-0.4, -0.2) is 54.0 Å². The number of benzene rings is 2.